The molecule has 1 aliphatic heterocycles. The number of hydrazine groups is 1. The monoisotopic (exact) mass is 414 g/mol. The first-order chi connectivity index (χ1) is 14.3. The van der Waals surface area contributed by atoms with Gasteiger partial charge in [-0.25, -0.2) is 10.3 Å². The van der Waals surface area contributed by atoms with Crippen molar-refractivity contribution < 1.29 is 28.8 Å². The number of hydrogen-bond acceptors (Lipinski definition) is 8. The lowest BCUT2D eigenvalue weighted by Crippen LogP contribution is -2.48. The van der Waals surface area contributed by atoms with Gasteiger partial charge in [0.1, 0.15) is 6.04 Å². The van der Waals surface area contributed by atoms with Gasteiger partial charge in [-0.15, -0.1) is 0 Å². The Kier molecular flexibility index (Phi) is 5.93. The molecule has 1 unspecified atom stereocenters. The highest BCUT2D eigenvalue weighted by Crippen LogP contribution is 2.28. The minimum absolute atomic E-state index is 0.0923. The van der Waals surface area contributed by atoms with Crippen LogP contribution in [0.3, 0.4) is 0 Å². The van der Waals surface area contributed by atoms with Crippen molar-refractivity contribution in [2.75, 3.05) is 19.1 Å². The van der Waals surface area contributed by atoms with E-state index in [-0.39, 0.29) is 23.4 Å². The largest absolute Gasteiger partial charge is 0.493 e. The molecule has 3 rings (SSSR count). The lowest BCUT2D eigenvalue weighted by Gasteiger charge is -2.16. The van der Waals surface area contributed by atoms with Crippen LogP contribution in [0.15, 0.2) is 42.5 Å². The second kappa shape index (κ2) is 8.57. The van der Waals surface area contributed by atoms with Crippen LogP contribution in [0.4, 0.5) is 11.4 Å². The van der Waals surface area contributed by atoms with Gasteiger partial charge in [0.2, 0.25) is 5.91 Å². The van der Waals surface area contributed by atoms with Crippen LogP contribution in [0.2, 0.25) is 0 Å². The van der Waals surface area contributed by atoms with Crippen molar-refractivity contribution in [3.05, 3.63) is 58.1 Å². The molecular formula is C19H18N4O7. The molecule has 0 aromatic heterocycles. The molecule has 0 bridgehead atoms. The number of nitrogens with zero attached hydrogens (tertiary/aromatic N) is 2. The molecule has 1 fully saturated rings. The zero-order chi connectivity index (χ0) is 21.8. The van der Waals surface area contributed by atoms with Gasteiger partial charge in [-0.3, -0.25) is 29.9 Å². The second-order valence-corrected chi connectivity index (χ2v) is 6.27. The number of hydrogen-bond donors (Lipinski definition) is 2. The molecule has 2 N–H and O–H groups in total. The lowest BCUT2D eigenvalue weighted by atomic mass is 10.2. The average molecular weight is 414 g/mol. The Bertz CT molecular complexity index is 1020. The molecule has 0 saturated carbocycles. The first kappa shape index (κ1) is 20.7. The van der Waals surface area contributed by atoms with Crippen molar-refractivity contribution in [3.63, 3.8) is 0 Å². The summed E-state index contributed by atoms with van der Waals surface area (Å²) in [6.07, 6.45) is -0.215. The Labute approximate surface area is 170 Å². The van der Waals surface area contributed by atoms with Crippen LogP contribution < -0.4 is 25.2 Å². The number of nitro groups is 1. The van der Waals surface area contributed by atoms with Crippen molar-refractivity contribution in [1.29, 1.82) is 0 Å². The first-order valence-electron chi connectivity index (χ1n) is 8.75. The average Bonchev–Trinajstić information content (AvgIpc) is 3.04. The van der Waals surface area contributed by atoms with Gasteiger partial charge >= 0.3 is 0 Å². The number of carbonyl (C=O) groups is 3. The lowest BCUT2D eigenvalue weighted by molar-refractivity contribution is -0.384. The molecule has 3 amide bonds. The van der Waals surface area contributed by atoms with Crippen LogP contribution >= 0.6 is 0 Å². The standard InChI is InChI=1S/C19H18N4O7/c1-29-15-7-6-11(8-16(15)30-2)18(25)21-20-14-10-17(24)22(19(14)26)12-4-3-5-13(9-12)23(27)28/h3-9,14,20H,10H2,1-2H3,(H,21,25). The van der Waals surface area contributed by atoms with E-state index in [1.165, 1.54) is 44.6 Å². The predicted molar refractivity (Wildman–Crippen MR) is 104 cm³/mol. The summed E-state index contributed by atoms with van der Waals surface area (Å²) in [4.78, 5) is 48.5. The van der Waals surface area contributed by atoms with Crippen molar-refractivity contribution in [1.82, 2.24) is 10.9 Å². The molecule has 156 valence electrons. The summed E-state index contributed by atoms with van der Waals surface area (Å²) >= 11 is 0. The van der Waals surface area contributed by atoms with Crippen molar-refractivity contribution in [3.8, 4) is 11.5 Å². The zero-order valence-electron chi connectivity index (χ0n) is 16.1. The molecule has 0 radical (unpaired) electrons. The number of rotatable bonds is 7. The van der Waals surface area contributed by atoms with Crippen LogP contribution in [0, 0.1) is 10.1 Å². The van der Waals surface area contributed by atoms with Gasteiger partial charge in [-0.05, 0) is 24.3 Å². The fraction of sp³-hybridized carbons (Fsp3) is 0.211. The Balaban J connectivity index is 1.69. The highest BCUT2D eigenvalue weighted by molar-refractivity contribution is 6.22. The van der Waals surface area contributed by atoms with E-state index < -0.39 is 28.7 Å². The molecular weight excluding hydrogens is 396 g/mol. The Morgan fingerprint density at radius 1 is 1.13 bits per heavy atom. The third-order valence-electron chi connectivity index (χ3n) is 4.45. The molecule has 0 aliphatic carbocycles. The van der Waals surface area contributed by atoms with Gasteiger partial charge in [0.25, 0.3) is 17.5 Å². The van der Waals surface area contributed by atoms with E-state index in [0.717, 1.165) is 11.0 Å². The Morgan fingerprint density at radius 3 is 2.53 bits per heavy atom. The van der Waals surface area contributed by atoms with Crippen LogP contribution in [0.1, 0.15) is 16.8 Å². The summed E-state index contributed by atoms with van der Waals surface area (Å²) in [7, 11) is 2.90. The molecule has 0 spiro atoms. The summed E-state index contributed by atoms with van der Waals surface area (Å²) in [5.74, 6) is -0.920. The smallest absolute Gasteiger partial charge is 0.271 e. The number of nitro benzene ring substituents is 1. The quantitative estimate of drug-likeness (QED) is 0.391. The SMILES string of the molecule is COc1ccc(C(=O)NNC2CC(=O)N(c3cccc([N+](=O)[O-])c3)C2=O)cc1OC. The van der Waals surface area contributed by atoms with Crippen LogP contribution in [-0.4, -0.2) is 42.9 Å². The summed E-state index contributed by atoms with van der Waals surface area (Å²) in [6.45, 7) is 0. The van der Waals surface area contributed by atoms with E-state index in [4.69, 9.17) is 9.47 Å². The van der Waals surface area contributed by atoms with E-state index in [0.29, 0.717) is 11.5 Å². The van der Waals surface area contributed by atoms with E-state index in [1.807, 2.05) is 0 Å². The van der Waals surface area contributed by atoms with E-state index in [9.17, 15) is 24.5 Å². The number of carbonyl (C=O) groups excluding carboxylic acids is 3. The van der Waals surface area contributed by atoms with Gasteiger partial charge in [0.15, 0.2) is 11.5 Å². The van der Waals surface area contributed by atoms with E-state index in [2.05, 4.69) is 10.9 Å². The minimum atomic E-state index is -1.01. The minimum Gasteiger partial charge on any atom is -0.493 e. The van der Waals surface area contributed by atoms with Gasteiger partial charge in [-0.1, -0.05) is 6.07 Å². The molecule has 11 heteroatoms. The number of nitrogens with one attached hydrogen (secondary N) is 2. The van der Waals surface area contributed by atoms with Gasteiger partial charge < -0.3 is 9.47 Å². The number of imide groups is 1. The normalized spacial score (nSPS) is 15.8. The van der Waals surface area contributed by atoms with Crippen LogP contribution in [-0.2, 0) is 9.59 Å². The van der Waals surface area contributed by atoms with E-state index >= 15 is 0 Å². The van der Waals surface area contributed by atoms with Crippen molar-refractivity contribution in [2.45, 2.75) is 12.5 Å². The maximum atomic E-state index is 12.6. The second-order valence-electron chi connectivity index (χ2n) is 6.27. The van der Waals surface area contributed by atoms with Gasteiger partial charge in [0.05, 0.1) is 31.3 Å². The predicted octanol–water partition coefficient (Wildman–Crippen LogP) is 1.18. The summed E-state index contributed by atoms with van der Waals surface area (Å²) < 4.78 is 10.3. The number of amides is 3. The van der Waals surface area contributed by atoms with E-state index in [1.54, 1.807) is 6.07 Å². The third kappa shape index (κ3) is 4.05. The maximum absolute atomic E-state index is 12.6. The summed E-state index contributed by atoms with van der Waals surface area (Å²) in [5, 5.41) is 10.9. The number of methoxy groups -OCH3 is 2. The number of non-ortho nitro benzene ring substituents is 1. The first-order valence-corrected chi connectivity index (χ1v) is 8.75. The zero-order valence-corrected chi connectivity index (χ0v) is 16.1. The molecule has 1 aliphatic rings. The number of ether oxygens (including phenoxy) is 2. The fourth-order valence-corrected chi connectivity index (χ4v) is 2.96. The molecule has 2 aromatic rings. The Morgan fingerprint density at radius 2 is 1.87 bits per heavy atom. The van der Waals surface area contributed by atoms with Gasteiger partial charge in [-0.2, -0.15) is 0 Å². The molecule has 1 saturated heterocycles. The third-order valence-corrected chi connectivity index (χ3v) is 4.45. The molecule has 2 aromatic carbocycles. The molecule has 30 heavy (non-hydrogen) atoms. The molecule has 1 atom stereocenters. The number of anilines is 1. The topological polar surface area (TPSA) is 140 Å². The fourth-order valence-electron chi connectivity index (χ4n) is 2.96. The highest BCUT2D eigenvalue weighted by atomic mass is 16.6. The van der Waals surface area contributed by atoms with Crippen LogP contribution in [0.5, 0.6) is 11.5 Å². The highest BCUT2D eigenvalue weighted by Gasteiger charge is 2.40. The van der Waals surface area contributed by atoms with Crippen LogP contribution in [0.25, 0.3) is 0 Å². The molecule has 11 nitrogen and oxygen atoms in total. The van der Waals surface area contributed by atoms with Gasteiger partial charge in [0, 0.05) is 17.7 Å². The van der Waals surface area contributed by atoms with Crippen molar-refractivity contribution >= 4 is 29.1 Å². The summed E-state index contributed by atoms with van der Waals surface area (Å²) in [5.41, 5.74) is 5.03. The number of benzene rings is 2. The van der Waals surface area contributed by atoms with Crippen molar-refractivity contribution in [2.24, 2.45) is 0 Å². The molecule has 1 heterocycles. The summed E-state index contributed by atoms with van der Waals surface area (Å²) in [6, 6.07) is 8.72. The Hall–Kier alpha value is -3.99. The maximum Gasteiger partial charge on any atom is 0.271 e.